The molecule has 0 spiro atoms. The maximum atomic E-state index is 12.2. The Morgan fingerprint density at radius 3 is 2.76 bits per heavy atom. The second-order valence-corrected chi connectivity index (χ2v) is 5.65. The number of hydrogen-bond acceptors (Lipinski definition) is 2. The van der Waals surface area contributed by atoms with E-state index in [2.05, 4.69) is 20.8 Å². The molecule has 2 nitrogen and oxygen atoms in total. The maximum Gasteiger partial charge on any atom is 0.159 e. The summed E-state index contributed by atoms with van der Waals surface area (Å²) in [5.74, 6) is 2.23. The fourth-order valence-electron chi connectivity index (χ4n) is 3.37. The zero-order chi connectivity index (χ0) is 12.2. The number of hydrogen-bond donors (Lipinski definition) is 0. The van der Waals surface area contributed by atoms with Crippen molar-refractivity contribution in [2.24, 2.45) is 11.8 Å². The molecule has 0 aromatic carbocycles. The van der Waals surface area contributed by atoms with Gasteiger partial charge in [0.05, 0.1) is 6.26 Å². The van der Waals surface area contributed by atoms with Gasteiger partial charge in [-0.05, 0) is 36.3 Å². The molecule has 2 aliphatic rings. The number of allylic oxidation sites excluding steroid dienone is 2. The molecule has 0 fully saturated rings. The van der Waals surface area contributed by atoms with Crippen molar-refractivity contribution < 1.29 is 9.21 Å². The van der Waals surface area contributed by atoms with E-state index in [4.69, 9.17) is 4.42 Å². The molecule has 0 N–H and O–H groups in total. The molecule has 0 amide bonds. The standard InChI is InChI=1S/C15H18O2/c1-8-4-11-14(12(16)5-8)9(2)6-13-15(11)10(3)7-17-13/h7-9H,4-6H2,1-3H3/t8-,9+/m1/s1. The highest BCUT2D eigenvalue weighted by Crippen LogP contribution is 2.44. The van der Waals surface area contributed by atoms with Gasteiger partial charge in [-0.3, -0.25) is 4.79 Å². The monoisotopic (exact) mass is 230 g/mol. The summed E-state index contributed by atoms with van der Waals surface area (Å²) in [6.07, 6.45) is 4.45. The molecular formula is C15H18O2. The van der Waals surface area contributed by atoms with Crippen molar-refractivity contribution >= 4 is 11.4 Å². The van der Waals surface area contributed by atoms with Crippen LogP contribution in [0.5, 0.6) is 0 Å². The van der Waals surface area contributed by atoms with Crippen LogP contribution in [0.4, 0.5) is 0 Å². The molecule has 1 aromatic heterocycles. The van der Waals surface area contributed by atoms with Crippen molar-refractivity contribution in [3.63, 3.8) is 0 Å². The van der Waals surface area contributed by atoms with E-state index < -0.39 is 0 Å². The van der Waals surface area contributed by atoms with Gasteiger partial charge in [0.1, 0.15) is 5.76 Å². The van der Waals surface area contributed by atoms with Crippen LogP contribution in [0.15, 0.2) is 16.3 Å². The number of ketones is 1. The smallest absolute Gasteiger partial charge is 0.159 e. The lowest BCUT2D eigenvalue weighted by molar-refractivity contribution is -0.117. The number of aryl methyl sites for hydroxylation is 1. The van der Waals surface area contributed by atoms with Gasteiger partial charge in [-0.2, -0.15) is 0 Å². The minimum Gasteiger partial charge on any atom is -0.468 e. The van der Waals surface area contributed by atoms with E-state index in [1.165, 1.54) is 16.7 Å². The lowest BCUT2D eigenvalue weighted by Crippen LogP contribution is -2.25. The van der Waals surface area contributed by atoms with Gasteiger partial charge in [-0.25, -0.2) is 0 Å². The molecule has 3 rings (SSSR count). The quantitative estimate of drug-likeness (QED) is 0.682. The summed E-state index contributed by atoms with van der Waals surface area (Å²) in [6.45, 7) is 6.38. The zero-order valence-electron chi connectivity index (χ0n) is 10.7. The van der Waals surface area contributed by atoms with Gasteiger partial charge in [0.15, 0.2) is 5.78 Å². The van der Waals surface area contributed by atoms with Crippen LogP contribution in [0.2, 0.25) is 0 Å². The predicted molar refractivity (Wildman–Crippen MR) is 66.6 cm³/mol. The highest BCUT2D eigenvalue weighted by Gasteiger charge is 2.35. The maximum absolute atomic E-state index is 12.2. The second kappa shape index (κ2) is 3.59. The van der Waals surface area contributed by atoms with E-state index >= 15 is 0 Å². The Morgan fingerprint density at radius 2 is 2.00 bits per heavy atom. The Morgan fingerprint density at radius 1 is 1.24 bits per heavy atom. The van der Waals surface area contributed by atoms with Crippen molar-refractivity contribution in [1.29, 1.82) is 0 Å². The van der Waals surface area contributed by atoms with Crippen LogP contribution < -0.4 is 0 Å². The average molecular weight is 230 g/mol. The van der Waals surface area contributed by atoms with Crippen molar-refractivity contribution in [2.75, 3.05) is 0 Å². The van der Waals surface area contributed by atoms with E-state index in [9.17, 15) is 4.79 Å². The largest absolute Gasteiger partial charge is 0.468 e. The Labute approximate surface area is 102 Å². The summed E-state index contributed by atoms with van der Waals surface area (Å²) in [7, 11) is 0. The lowest BCUT2D eigenvalue weighted by atomic mass is 9.72. The molecule has 0 saturated heterocycles. The molecule has 2 heteroatoms. The number of furan rings is 1. The highest BCUT2D eigenvalue weighted by molar-refractivity contribution is 6.05. The van der Waals surface area contributed by atoms with Crippen LogP contribution >= 0.6 is 0 Å². The van der Waals surface area contributed by atoms with Crippen molar-refractivity contribution in [3.8, 4) is 0 Å². The van der Waals surface area contributed by atoms with E-state index in [0.717, 1.165) is 30.6 Å². The highest BCUT2D eigenvalue weighted by atomic mass is 16.3. The molecule has 0 radical (unpaired) electrons. The molecule has 1 heterocycles. The number of carbonyl (C=O) groups is 1. The third kappa shape index (κ3) is 1.50. The SMILES string of the molecule is Cc1coc2c1C1=C(C(=O)C[C@H](C)C1)[C@@H](C)C2. The Kier molecular flexibility index (Phi) is 2.29. The molecule has 0 saturated carbocycles. The van der Waals surface area contributed by atoms with E-state index in [-0.39, 0.29) is 0 Å². The van der Waals surface area contributed by atoms with Gasteiger partial charge in [0, 0.05) is 24.0 Å². The predicted octanol–water partition coefficient (Wildman–Crippen LogP) is 3.53. The van der Waals surface area contributed by atoms with Gasteiger partial charge >= 0.3 is 0 Å². The van der Waals surface area contributed by atoms with Crippen LogP contribution in [0, 0.1) is 18.8 Å². The van der Waals surface area contributed by atoms with Gasteiger partial charge in [-0.15, -0.1) is 0 Å². The summed E-state index contributed by atoms with van der Waals surface area (Å²) in [5.41, 5.74) is 4.77. The van der Waals surface area contributed by atoms with E-state index in [1.54, 1.807) is 0 Å². The van der Waals surface area contributed by atoms with Gasteiger partial charge < -0.3 is 4.42 Å². The molecule has 0 unspecified atom stereocenters. The number of rotatable bonds is 0. The molecule has 2 atom stereocenters. The van der Waals surface area contributed by atoms with Crippen LogP contribution in [-0.2, 0) is 11.2 Å². The van der Waals surface area contributed by atoms with Crippen molar-refractivity contribution in [2.45, 2.75) is 40.0 Å². The topological polar surface area (TPSA) is 30.2 Å². The Hall–Kier alpha value is -1.31. The first-order valence-corrected chi connectivity index (χ1v) is 6.41. The fraction of sp³-hybridized carbons (Fsp3) is 0.533. The first kappa shape index (κ1) is 10.8. The normalized spacial score (nSPS) is 28.1. The number of carbonyl (C=O) groups excluding carboxylic acids is 1. The molecule has 0 aliphatic heterocycles. The van der Waals surface area contributed by atoms with E-state index in [1.807, 2.05) is 6.26 Å². The first-order chi connectivity index (χ1) is 8.08. The zero-order valence-corrected chi connectivity index (χ0v) is 10.7. The van der Waals surface area contributed by atoms with Crippen LogP contribution in [0.3, 0.4) is 0 Å². The third-order valence-corrected chi connectivity index (χ3v) is 4.05. The molecule has 1 aromatic rings. The summed E-state index contributed by atoms with van der Waals surface area (Å²) < 4.78 is 5.63. The minimum absolute atomic E-state index is 0.322. The Balaban J connectivity index is 2.22. The average Bonchev–Trinajstić information content (AvgIpc) is 2.59. The summed E-state index contributed by atoms with van der Waals surface area (Å²) >= 11 is 0. The molecule has 0 bridgehead atoms. The van der Waals surface area contributed by atoms with Crippen molar-refractivity contribution in [1.82, 2.24) is 0 Å². The van der Waals surface area contributed by atoms with Gasteiger partial charge in [-0.1, -0.05) is 13.8 Å². The fourth-order valence-corrected chi connectivity index (χ4v) is 3.37. The lowest BCUT2D eigenvalue weighted by Gasteiger charge is -2.31. The molecular weight excluding hydrogens is 212 g/mol. The second-order valence-electron chi connectivity index (χ2n) is 5.65. The summed E-state index contributed by atoms with van der Waals surface area (Å²) in [5, 5.41) is 0. The minimum atomic E-state index is 0.322. The molecule has 2 aliphatic carbocycles. The van der Waals surface area contributed by atoms with Crippen molar-refractivity contribution in [3.05, 3.63) is 28.7 Å². The number of fused-ring (bicyclic) bond motifs is 2. The molecule has 90 valence electrons. The summed E-state index contributed by atoms with van der Waals surface area (Å²) in [6, 6.07) is 0. The number of Topliss-reactive ketones (excluding diaryl/α,β-unsaturated/α-hetero) is 1. The van der Waals surface area contributed by atoms with Gasteiger partial charge in [0.25, 0.3) is 0 Å². The first-order valence-electron chi connectivity index (χ1n) is 6.41. The third-order valence-electron chi connectivity index (χ3n) is 4.05. The molecule has 17 heavy (non-hydrogen) atoms. The van der Waals surface area contributed by atoms with E-state index in [0.29, 0.717) is 17.6 Å². The summed E-state index contributed by atoms with van der Waals surface area (Å²) in [4.78, 5) is 12.2. The van der Waals surface area contributed by atoms with Crippen LogP contribution in [0.25, 0.3) is 5.57 Å². The van der Waals surface area contributed by atoms with Gasteiger partial charge in [0.2, 0.25) is 0 Å². The Bertz CT molecular complexity index is 519. The van der Waals surface area contributed by atoms with Crippen LogP contribution in [0.1, 0.15) is 43.6 Å². The van der Waals surface area contributed by atoms with Crippen LogP contribution in [-0.4, -0.2) is 5.78 Å².